The second-order valence-electron chi connectivity index (χ2n) is 4.31. The molecule has 0 radical (unpaired) electrons. The topological polar surface area (TPSA) is 53.4 Å². The minimum atomic E-state index is -0.236. The van der Waals surface area contributed by atoms with Crippen molar-refractivity contribution in [3.8, 4) is 0 Å². The van der Waals surface area contributed by atoms with Gasteiger partial charge in [-0.3, -0.25) is 4.79 Å². The fourth-order valence-electron chi connectivity index (χ4n) is 2.09. The molecule has 1 aromatic rings. The molecule has 0 aromatic carbocycles. The van der Waals surface area contributed by atoms with Gasteiger partial charge in [0.1, 0.15) is 5.82 Å². The fraction of sp³-hybridized carbons (Fsp3) is 0.500. The molecule has 1 saturated heterocycles. The highest BCUT2D eigenvalue weighted by atomic mass is 16.3. The van der Waals surface area contributed by atoms with Crippen LogP contribution in [0.25, 0.3) is 0 Å². The van der Waals surface area contributed by atoms with Crippen LogP contribution in [0.2, 0.25) is 0 Å². The van der Waals surface area contributed by atoms with Gasteiger partial charge in [-0.2, -0.15) is 0 Å². The number of aliphatic hydroxyl groups excluding tert-OH is 1. The second-order valence-corrected chi connectivity index (χ2v) is 4.31. The van der Waals surface area contributed by atoms with Crippen molar-refractivity contribution in [2.75, 3.05) is 18.0 Å². The first-order valence-corrected chi connectivity index (χ1v) is 5.55. The number of piperidine rings is 1. The lowest BCUT2D eigenvalue weighted by atomic mass is 9.96. The Hall–Kier alpha value is -1.42. The van der Waals surface area contributed by atoms with Gasteiger partial charge in [-0.15, -0.1) is 0 Å². The fourth-order valence-corrected chi connectivity index (χ4v) is 2.09. The normalized spacial score (nSPS) is 25.5. The number of nitrogens with zero attached hydrogens (tertiary/aromatic N) is 2. The number of aliphatic hydroxyl groups is 1. The largest absolute Gasteiger partial charge is 0.393 e. The van der Waals surface area contributed by atoms with E-state index in [2.05, 4.69) is 9.88 Å². The van der Waals surface area contributed by atoms with E-state index in [0.29, 0.717) is 5.56 Å². The first-order chi connectivity index (χ1) is 7.72. The van der Waals surface area contributed by atoms with Gasteiger partial charge in [-0.05, 0) is 24.5 Å². The predicted molar refractivity (Wildman–Crippen MR) is 61.6 cm³/mol. The van der Waals surface area contributed by atoms with Gasteiger partial charge in [0.05, 0.1) is 11.7 Å². The number of rotatable bonds is 2. The highest BCUT2D eigenvalue weighted by Gasteiger charge is 2.25. The smallest absolute Gasteiger partial charge is 0.153 e. The van der Waals surface area contributed by atoms with E-state index in [1.54, 1.807) is 18.3 Å². The Morgan fingerprint density at radius 2 is 2.44 bits per heavy atom. The lowest BCUT2D eigenvalue weighted by Gasteiger charge is -2.35. The zero-order chi connectivity index (χ0) is 11.5. The first kappa shape index (κ1) is 11.1. The van der Waals surface area contributed by atoms with E-state index in [4.69, 9.17) is 0 Å². The quantitative estimate of drug-likeness (QED) is 0.758. The Balaban J connectivity index is 2.21. The Morgan fingerprint density at radius 3 is 3.12 bits per heavy atom. The van der Waals surface area contributed by atoms with Gasteiger partial charge >= 0.3 is 0 Å². The van der Waals surface area contributed by atoms with Crippen LogP contribution in [0.1, 0.15) is 23.7 Å². The molecule has 2 rings (SSSR count). The van der Waals surface area contributed by atoms with Crippen LogP contribution in [-0.2, 0) is 0 Å². The van der Waals surface area contributed by atoms with Crippen LogP contribution >= 0.6 is 0 Å². The third-order valence-electron chi connectivity index (χ3n) is 3.10. The van der Waals surface area contributed by atoms with Crippen molar-refractivity contribution >= 4 is 12.1 Å². The number of carbonyl (C=O) groups is 1. The lowest BCUT2D eigenvalue weighted by Crippen LogP contribution is -2.42. The summed E-state index contributed by atoms with van der Waals surface area (Å²) in [5.74, 6) is 0.950. The molecule has 1 aliphatic heterocycles. The van der Waals surface area contributed by atoms with Crippen LogP contribution in [0.3, 0.4) is 0 Å². The third kappa shape index (κ3) is 2.07. The second kappa shape index (κ2) is 4.61. The van der Waals surface area contributed by atoms with Crippen LogP contribution in [0.15, 0.2) is 18.3 Å². The van der Waals surface area contributed by atoms with E-state index in [-0.39, 0.29) is 12.0 Å². The summed E-state index contributed by atoms with van der Waals surface area (Å²) >= 11 is 0. The SMILES string of the molecule is CC1CN(c2ncccc2C=O)CCC1O. The summed E-state index contributed by atoms with van der Waals surface area (Å²) in [6.45, 7) is 3.52. The zero-order valence-corrected chi connectivity index (χ0v) is 9.34. The summed E-state index contributed by atoms with van der Waals surface area (Å²) in [5.41, 5.74) is 0.617. The molecular formula is C12H16N2O2. The van der Waals surface area contributed by atoms with Gasteiger partial charge in [0.2, 0.25) is 0 Å². The molecule has 0 aliphatic carbocycles. The number of carbonyl (C=O) groups excluding carboxylic acids is 1. The van der Waals surface area contributed by atoms with Crippen LogP contribution < -0.4 is 4.90 Å². The van der Waals surface area contributed by atoms with Crippen molar-refractivity contribution in [2.24, 2.45) is 5.92 Å². The summed E-state index contributed by atoms with van der Waals surface area (Å²) in [6, 6.07) is 3.53. The van der Waals surface area contributed by atoms with Crippen LogP contribution in [-0.4, -0.2) is 35.6 Å². The molecule has 0 spiro atoms. The molecule has 2 heterocycles. The van der Waals surface area contributed by atoms with Gasteiger partial charge < -0.3 is 10.0 Å². The molecule has 86 valence electrons. The maximum absolute atomic E-state index is 10.9. The standard InChI is InChI=1S/C12H16N2O2/c1-9-7-14(6-4-11(9)16)12-10(8-15)3-2-5-13-12/h2-3,5,8-9,11,16H,4,6-7H2,1H3. The molecule has 1 aliphatic rings. The summed E-state index contributed by atoms with van der Waals surface area (Å²) in [5, 5.41) is 9.65. The van der Waals surface area contributed by atoms with E-state index in [9.17, 15) is 9.90 Å². The van der Waals surface area contributed by atoms with Crippen molar-refractivity contribution in [3.05, 3.63) is 23.9 Å². The Morgan fingerprint density at radius 1 is 1.62 bits per heavy atom. The summed E-state index contributed by atoms with van der Waals surface area (Å²) in [7, 11) is 0. The predicted octanol–water partition coefficient (Wildman–Crippen LogP) is 1.10. The minimum absolute atomic E-state index is 0.218. The van der Waals surface area contributed by atoms with E-state index in [1.807, 2.05) is 6.92 Å². The molecular weight excluding hydrogens is 204 g/mol. The number of hydrogen-bond acceptors (Lipinski definition) is 4. The van der Waals surface area contributed by atoms with Crippen molar-refractivity contribution in [2.45, 2.75) is 19.4 Å². The monoisotopic (exact) mass is 220 g/mol. The van der Waals surface area contributed by atoms with E-state index in [0.717, 1.165) is 31.6 Å². The highest BCUT2D eigenvalue weighted by molar-refractivity contribution is 5.82. The van der Waals surface area contributed by atoms with Gasteiger partial charge in [-0.25, -0.2) is 4.98 Å². The Labute approximate surface area is 94.9 Å². The number of anilines is 1. The van der Waals surface area contributed by atoms with Crippen molar-refractivity contribution in [1.82, 2.24) is 4.98 Å². The summed E-state index contributed by atoms with van der Waals surface area (Å²) < 4.78 is 0. The lowest BCUT2D eigenvalue weighted by molar-refractivity contribution is 0.0968. The highest BCUT2D eigenvalue weighted by Crippen LogP contribution is 2.23. The molecule has 0 bridgehead atoms. The van der Waals surface area contributed by atoms with Crippen LogP contribution in [0, 0.1) is 5.92 Å². The molecule has 1 aromatic heterocycles. The number of hydrogen-bond donors (Lipinski definition) is 1. The van der Waals surface area contributed by atoms with Crippen LogP contribution in [0.5, 0.6) is 0 Å². The summed E-state index contributed by atoms with van der Waals surface area (Å²) in [6.07, 6.45) is 3.02. The molecule has 1 N–H and O–H groups in total. The Kier molecular flexibility index (Phi) is 3.19. The van der Waals surface area contributed by atoms with Gasteiger partial charge in [0.25, 0.3) is 0 Å². The van der Waals surface area contributed by atoms with Crippen molar-refractivity contribution < 1.29 is 9.90 Å². The first-order valence-electron chi connectivity index (χ1n) is 5.55. The molecule has 2 atom stereocenters. The van der Waals surface area contributed by atoms with Crippen molar-refractivity contribution in [1.29, 1.82) is 0 Å². The maximum Gasteiger partial charge on any atom is 0.153 e. The molecule has 1 fully saturated rings. The Bertz CT molecular complexity index is 381. The molecule has 0 amide bonds. The van der Waals surface area contributed by atoms with E-state index in [1.165, 1.54) is 0 Å². The van der Waals surface area contributed by atoms with Gasteiger partial charge in [0, 0.05) is 19.3 Å². The average molecular weight is 220 g/mol. The molecule has 16 heavy (non-hydrogen) atoms. The average Bonchev–Trinajstić information content (AvgIpc) is 2.32. The van der Waals surface area contributed by atoms with Gasteiger partial charge in [-0.1, -0.05) is 6.92 Å². The van der Waals surface area contributed by atoms with Crippen molar-refractivity contribution in [3.63, 3.8) is 0 Å². The third-order valence-corrected chi connectivity index (χ3v) is 3.10. The number of pyridine rings is 1. The van der Waals surface area contributed by atoms with Gasteiger partial charge in [0.15, 0.2) is 6.29 Å². The molecule has 2 unspecified atom stereocenters. The number of aromatic nitrogens is 1. The molecule has 0 saturated carbocycles. The maximum atomic E-state index is 10.9. The molecule has 4 heteroatoms. The van der Waals surface area contributed by atoms with E-state index < -0.39 is 0 Å². The number of aldehydes is 1. The van der Waals surface area contributed by atoms with Crippen LogP contribution in [0.4, 0.5) is 5.82 Å². The van der Waals surface area contributed by atoms with E-state index >= 15 is 0 Å². The summed E-state index contributed by atoms with van der Waals surface area (Å²) in [4.78, 5) is 17.2. The minimum Gasteiger partial charge on any atom is -0.393 e. The molecule has 4 nitrogen and oxygen atoms in total. The zero-order valence-electron chi connectivity index (χ0n) is 9.34.